The Morgan fingerprint density at radius 2 is 1.75 bits per heavy atom. The van der Waals surface area contributed by atoms with E-state index in [1.807, 2.05) is 0 Å². The van der Waals surface area contributed by atoms with Crippen molar-refractivity contribution in [3.63, 3.8) is 0 Å². The highest BCUT2D eigenvalue weighted by molar-refractivity contribution is 7.91. The molecule has 4 aromatic rings. The zero-order chi connectivity index (χ0) is 32.0. The van der Waals surface area contributed by atoms with Gasteiger partial charge in [0.1, 0.15) is 5.82 Å². The van der Waals surface area contributed by atoms with E-state index in [0.29, 0.717) is 11.6 Å². The number of nitrogens with two attached hydrogens (primary N) is 1. The molecule has 5 rings (SSSR count). The van der Waals surface area contributed by atoms with Gasteiger partial charge in [-0.05, 0) is 17.7 Å². The first-order chi connectivity index (χ1) is 20.5. The minimum atomic E-state index is -4.85. The zero-order valence-corrected chi connectivity index (χ0v) is 22.5. The first-order valence-corrected chi connectivity index (χ1v) is 13.8. The van der Waals surface area contributed by atoms with Gasteiger partial charge in [-0.1, -0.05) is 29.4 Å². The average molecular weight is 647 g/mol. The van der Waals surface area contributed by atoms with Gasteiger partial charge in [-0.2, -0.15) is 36.4 Å². The number of nitrogens with zero attached hydrogens (tertiary/aromatic N) is 5. The van der Waals surface area contributed by atoms with E-state index in [-0.39, 0.29) is 34.7 Å². The van der Waals surface area contributed by atoms with Crippen molar-refractivity contribution in [1.82, 2.24) is 20.3 Å². The summed E-state index contributed by atoms with van der Waals surface area (Å²) >= 11 is 0. The van der Waals surface area contributed by atoms with Crippen LogP contribution in [0.4, 0.5) is 36.4 Å². The number of carbonyl (C=O) groups is 1. The van der Waals surface area contributed by atoms with Gasteiger partial charge in [-0.3, -0.25) is 4.79 Å². The van der Waals surface area contributed by atoms with Crippen LogP contribution < -0.4 is 15.4 Å². The van der Waals surface area contributed by atoms with E-state index in [1.54, 1.807) is 0 Å². The van der Waals surface area contributed by atoms with Crippen molar-refractivity contribution in [2.75, 3.05) is 17.3 Å². The first-order valence-electron chi connectivity index (χ1n) is 12.2. The summed E-state index contributed by atoms with van der Waals surface area (Å²) in [6.45, 7) is -2.03. The van der Waals surface area contributed by atoms with E-state index in [4.69, 9.17) is 5.73 Å². The molecule has 11 nitrogen and oxygen atoms in total. The number of amides is 1. The number of halogens is 7. The summed E-state index contributed by atoms with van der Waals surface area (Å²) in [6.07, 6.45) is -8.56. The molecule has 2 N–H and O–H groups in total. The van der Waals surface area contributed by atoms with Crippen LogP contribution >= 0.6 is 0 Å². The molecule has 0 saturated carbocycles. The number of alkyl halides is 6. The third-order valence-electron chi connectivity index (χ3n) is 6.20. The Morgan fingerprint density at radius 3 is 2.39 bits per heavy atom. The molecule has 2 aromatic carbocycles. The van der Waals surface area contributed by atoms with Gasteiger partial charge < -0.3 is 19.9 Å². The summed E-state index contributed by atoms with van der Waals surface area (Å²) in [6, 6.07) is 6.54. The predicted octanol–water partition coefficient (Wildman–Crippen LogP) is 3.94. The number of sulfone groups is 1. The normalized spacial score (nSPS) is 16.9. The van der Waals surface area contributed by atoms with E-state index in [2.05, 4.69) is 29.6 Å². The van der Waals surface area contributed by atoms with Crippen LogP contribution in [0.15, 0.2) is 58.1 Å². The SMILES string of the molecule is N[C@H]1CS(=O)(=O)c2cc(F)c(-c3cnnc(OCC(F)(F)F)c3)cc2N(Cc2ccc(-c3noc(C(F)(F)F)n3)cc2)C1=O. The Bertz CT molecular complexity index is 1830. The van der Waals surface area contributed by atoms with E-state index < -0.39 is 69.0 Å². The molecule has 1 aliphatic rings. The van der Waals surface area contributed by atoms with E-state index >= 15 is 4.39 Å². The van der Waals surface area contributed by atoms with Gasteiger partial charge >= 0.3 is 18.2 Å². The fraction of sp³-hybridized carbons (Fsp3) is 0.240. The molecule has 19 heteroatoms. The third-order valence-corrected chi connectivity index (χ3v) is 8.00. The van der Waals surface area contributed by atoms with Gasteiger partial charge in [0.05, 0.1) is 35.1 Å². The molecular weight excluding hydrogens is 629 g/mol. The highest BCUT2D eigenvalue weighted by Crippen LogP contribution is 2.38. The first kappa shape index (κ1) is 30.8. The molecule has 0 spiro atoms. The number of carbonyl (C=O) groups excluding carboxylic acids is 1. The minimum absolute atomic E-state index is 0.132. The summed E-state index contributed by atoms with van der Waals surface area (Å²) in [5, 5.41) is 10.2. The zero-order valence-electron chi connectivity index (χ0n) is 21.7. The number of aromatic nitrogens is 4. The number of benzene rings is 2. The number of fused-ring (bicyclic) bond motifs is 1. The molecule has 3 heterocycles. The maximum absolute atomic E-state index is 15.3. The van der Waals surface area contributed by atoms with E-state index in [0.717, 1.165) is 23.2 Å². The summed E-state index contributed by atoms with van der Waals surface area (Å²) in [4.78, 5) is 17.0. The molecule has 2 aromatic heterocycles. The number of hydrogen-bond acceptors (Lipinski definition) is 10. The monoisotopic (exact) mass is 646 g/mol. The third kappa shape index (κ3) is 6.47. The molecule has 1 aliphatic heterocycles. The van der Waals surface area contributed by atoms with Gasteiger partial charge in [-0.15, -0.1) is 5.10 Å². The largest absolute Gasteiger partial charge is 0.471 e. The van der Waals surface area contributed by atoms with Crippen LogP contribution in [0.25, 0.3) is 22.5 Å². The maximum Gasteiger partial charge on any atom is 0.471 e. The maximum atomic E-state index is 15.3. The Morgan fingerprint density at radius 1 is 1.05 bits per heavy atom. The molecule has 0 saturated heterocycles. The summed E-state index contributed by atoms with van der Waals surface area (Å²) in [5.74, 6) is -5.32. The van der Waals surface area contributed by atoms with Crippen molar-refractivity contribution in [1.29, 1.82) is 0 Å². The number of rotatable bonds is 6. The fourth-order valence-corrected chi connectivity index (χ4v) is 5.79. The van der Waals surface area contributed by atoms with Crippen LogP contribution in [0.1, 0.15) is 11.5 Å². The van der Waals surface area contributed by atoms with E-state index in [1.165, 1.54) is 24.3 Å². The van der Waals surface area contributed by atoms with Crippen LogP contribution in [0.3, 0.4) is 0 Å². The molecule has 1 amide bonds. The van der Waals surface area contributed by atoms with Crippen molar-refractivity contribution in [3.05, 3.63) is 65.9 Å². The lowest BCUT2D eigenvalue weighted by molar-refractivity contribution is -0.159. The molecule has 232 valence electrons. The second-order valence-corrected chi connectivity index (χ2v) is 11.4. The molecule has 0 aliphatic carbocycles. The van der Waals surface area contributed by atoms with Crippen LogP contribution in [0.5, 0.6) is 5.88 Å². The Labute approximate surface area is 242 Å². The van der Waals surface area contributed by atoms with Crippen molar-refractivity contribution in [2.45, 2.75) is 29.8 Å². The topological polar surface area (TPSA) is 154 Å². The highest BCUT2D eigenvalue weighted by atomic mass is 32.2. The van der Waals surface area contributed by atoms with Crippen LogP contribution in [-0.2, 0) is 27.4 Å². The van der Waals surface area contributed by atoms with Crippen molar-refractivity contribution in [2.24, 2.45) is 5.73 Å². The fourth-order valence-electron chi connectivity index (χ4n) is 4.22. The van der Waals surface area contributed by atoms with Crippen LogP contribution in [0, 0.1) is 5.82 Å². The quantitative estimate of drug-likeness (QED) is 0.305. The molecule has 0 fully saturated rings. The van der Waals surface area contributed by atoms with Gasteiger partial charge in [0.15, 0.2) is 16.4 Å². The van der Waals surface area contributed by atoms with Gasteiger partial charge in [-0.25, -0.2) is 12.8 Å². The molecule has 0 radical (unpaired) electrons. The van der Waals surface area contributed by atoms with Crippen LogP contribution in [0.2, 0.25) is 0 Å². The molecule has 0 unspecified atom stereocenters. The second-order valence-electron chi connectivity index (χ2n) is 9.42. The second kappa shape index (κ2) is 11.1. The Balaban J connectivity index is 1.52. The Kier molecular flexibility index (Phi) is 7.79. The lowest BCUT2D eigenvalue weighted by Crippen LogP contribution is -2.45. The number of hydrogen-bond donors (Lipinski definition) is 1. The molecular formula is C25H17F7N6O5S. The molecule has 0 bridgehead atoms. The summed E-state index contributed by atoms with van der Waals surface area (Å²) < 4.78 is 126. The predicted molar refractivity (Wildman–Crippen MR) is 135 cm³/mol. The van der Waals surface area contributed by atoms with Crippen LogP contribution in [-0.4, -0.2) is 59.2 Å². The molecule has 44 heavy (non-hydrogen) atoms. The highest BCUT2D eigenvalue weighted by Gasteiger charge is 2.39. The average Bonchev–Trinajstić information content (AvgIpc) is 3.44. The van der Waals surface area contributed by atoms with Crippen molar-refractivity contribution < 1.29 is 53.2 Å². The standard InChI is InChI=1S/C25H17F7N6O5S/c26-16-7-19-18(6-15(16)14-5-20(36-34-8-14)42-11-24(27,28)29)38(22(39)17(33)10-44(19,40)41)9-12-1-3-13(4-2-12)21-35-23(43-37-21)25(30,31)32/h1-8,17H,9-11,33H2/t17-/m0/s1. The number of anilines is 1. The summed E-state index contributed by atoms with van der Waals surface area (Å²) in [7, 11) is -4.32. The smallest absolute Gasteiger partial charge is 0.467 e. The van der Waals surface area contributed by atoms with Gasteiger partial charge in [0.2, 0.25) is 17.6 Å². The van der Waals surface area contributed by atoms with E-state index in [9.17, 15) is 39.6 Å². The molecule has 1 atom stereocenters. The minimum Gasteiger partial charge on any atom is -0.467 e. The summed E-state index contributed by atoms with van der Waals surface area (Å²) in [5.41, 5.74) is 5.59. The van der Waals surface area contributed by atoms with Gasteiger partial charge in [0.25, 0.3) is 0 Å². The van der Waals surface area contributed by atoms with Crippen molar-refractivity contribution >= 4 is 21.4 Å². The van der Waals surface area contributed by atoms with Crippen molar-refractivity contribution in [3.8, 4) is 28.4 Å². The lowest BCUT2D eigenvalue weighted by Gasteiger charge is -2.25. The number of ether oxygens (including phenoxy) is 1. The Hall–Kier alpha value is -4.65. The van der Waals surface area contributed by atoms with Gasteiger partial charge in [0, 0.05) is 22.8 Å². The lowest BCUT2D eigenvalue weighted by atomic mass is 10.0.